The van der Waals surface area contributed by atoms with E-state index in [1.807, 2.05) is 6.20 Å². The van der Waals surface area contributed by atoms with E-state index in [-0.39, 0.29) is 0 Å². The number of nitrogens with one attached hydrogen (secondary N) is 2. The third kappa shape index (κ3) is 2.87. The molecule has 0 amide bonds. The van der Waals surface area contributed by atoms with Crippen LogP contribution in [0.15, 0.2) is 36.8 Å². The minimum Gasteiger partial charge on any atom is -0.382 e. The lowest BCUT2D eigenvalue weighted by molar-refractivity contribution is 0.560. The Hall–Kier alpha value is -1.77. The van der Waals surface area contributed by atoms with Gasteiger partial charge in [0.05, 0.1) is 18.2 Å². The summed E-state index contributed by atoms with van der Waals surface area (Å²) in [5.41, 5.74) is 3.37. The van der Waals surface area contributed by atoms with Crippen molar-refractivity contribution in [1.29, 1.82) is 0 Å². The van der Waals surface area contributed by atoms with Crippen LogP contribution in [0.1, 0.15) is 20.8 Å². The minimum atomic E-state index is 0.480. The van der Waals surface area contributed by atoms with Crippen LogP contribution in [0.2, 0.25) is 0 Å². The summed E-state index contributed by atoms with van der Waals surface area (Å²) in [6, 6.07) is 8.89. The second-order valence-electron chi connectivity index (χ2n) is 4.72. The van der Waals surface area contributed by atoms with Crippen molar-refractivity contribution in [2.45, 2.75) is 26.8 Å². The van der Waals surface area contributed by atoms with Crippen LogP contribution in [-0.4, -0.2) is 16.0 Å². The van der Waals surface area contributed by atoms with Gasteiger partial charge in [-0.25, -0.2) is 4.98 Å². The number of aromatic nitrogens is 2. The van der Waals surface area contributed by atoms with Gasteiger partial charge in [-0.2, -0.15) is 0 Å². The van der Waals surface area contributed by atoms with Gasteiger partial charge in [0, 0.05) is 11.7 Å². The SMILES string of the molecule is CC(C)C(C)Nc1ccc(-c2cnc[nH]2)cc1. The average molecular weight is 229 g/mol. The molecule has 1 aromatic carbocycles. The molecule has 0 aliphatic heterocycles. The van der Waals surface area contributed by atoms with Gasteiger partial charge in [0.25, 0.3) is 0 Å². The molecule has 90 valence electrons. The van der Waals surface area contributed by atoms with Crippen LogP contribution in [0.5, 0.6) is 0 Å². The number of hydrogen-bond acceptors (Lipinski definition) is 2. The molecule has 1 unspecified atom stereocenters. The summed E-state index contributed by atoms with van der Waals surface area (Å²) < 4.78 is 0. The Morgan fingerprint density at radius 3 is 2.35 bits per heavy atom. The van der Waals surface area contributed by atoms with Crippen LogP contribution in [-0.2, 0) is 0 Å². The number of nitrogens with zero attached hydrogens (tertiary/aromatic N) is 1. The number of anilines is 1. The van der Waals surface area contributed by atoms with E-state index in [1.165, 1.54) is 0 Å². The first kappa shape index (κ1) is 11.7. The van der Waals surface area contributed by atoms with Crippen LogP contribution >= 0.6 is 0 Å². The minimum absolute atomic E-state index is 0.480. The Bertz CT molecular complexity index is 443. The third-order valence-corrected chi connectivity index (χ3v) is 3.09. The number of aromatic amines is 1. The highest BCUT2D eigenvalue weighted by atomic mass is 14.9. The van der Waals surface area contributed by atoms with Gasteiger partial charge >= 0.3 is 0 Å². The van der Waals surface area contributed by atoms with Crippen LogP contribution in [0.3, 0.4) is 0 Å². The van der Waals surface area contributed by atoms with E-state index >= 15 is 0 Å². The van der Waals surface area contributed by atoms with Gasteiger partial charge in [-0.05, 0) is 30.5 Å². The fraction of sp³-hybridized carbons (Fsp3) is 0.357. The average Bonchev–Trinajstić information content (AvgIpc) is 2.83. The van der Waals surface area contributed by atoms with Crippen molar-refractivity contribution in [2.75, 3.05) is 5.32 Å². The first-order valence-corrected chi connectivity index (χ1v) is 6.02. The number of imidazole rings is 1. The largest absolute Gasteiger partial charge is 0.382 e. The topological polar surface area (TPSA) is 40.7 Å². The maximum atomic E-state index is 4.02. The van der Waals surface area contributed by atoms with Crippen LogP contribution in [0, 0.1) is 5.92 Å². The van der Waals surface area contributed by atoms with E-state index in [2.05, 4.69) is 60.3 Å². The molecule has 2 aromatic rings. The number of H-pyrrole nitrogens is 1. The second-order valence-corrected chi connectivity index (χ2v) is 4.72. The molecule has 17 heavy (non-hydrogen) atoms. The quantitative estimate of drug-likeness (QED) is 0.842. The lowest BCUT2D eigenvalue weighted by atomic mass is 10.1. The standard InChI is InChI=1S/C14H19N3/c1-10(2)11(3)17-13-6-4-12(5-7-13)14-8-15-9-16-14/h4-11,17H,1-3H3,(H,15,16). The summed E-state index contributed by atoms with van der Waals surface area (Å²) in [6.07, 6.45) is 3.53. The van der Waals surface area contributed by atoms with Gasteiger partial charge in [0.1, 0.15) is 0 Å². The summed E-state index contributed by atoms with van der Waals surface area (Å²) in [4.78, 5) is 7.12. The molecule has 0 saturated heterocycles. The Kier molecular flexibility index (Phi) is 3.47. The summed E-state index contributed by atoms with van der Waals surface area (Å²) in [5, 5.41) is 3.49. The molecule has 0 fully saturated rings. The Morgan fingerprint density at radius 1 is 1.12 bits per heavy atom. The summed E-state index contributed by atoms with van der Waals surface area (Å²) in [5.74, 6) is 0.627. The first-order valence-electron chi connectivity index (χ1n) is 6.02. The predicted molar refractivity (Wildman–Crippen MR) is 71.9 cm³/mol. The van der Waals surface area contributed by atoms with E-state index in [4.69, 9.17) is 0 Å². The highest BCUT2D eigenvalue weighted by Gasteiger charge is 2.06. The van der Waals surface area contributed by atoms with Gasteiger partial charge in [-0.1, -0.05) is 26.0 Å². The second kappa shape index (κ2) is 5.04. The Morgan fingerprint density at radius 2 is 1.82 bits per heavy atom. The maximum absolute atomic E-state index is 4.02. The molecule has 0 saturated carbocycles. The van der Waals surface area contributed by atoms with Crippen molar-refractivity contribution >= 4 is 5.69 Å². The highest BCUT2D eigenvalue weighted by molar-refractivity contribution is 5.62. The van der Waals surface area contributed by atoms with Crippen molar-refractivity contribution in [3.8, 4) is 11.3 Å². The van der Waals surface area contributed by atoms with E-state index in [9.17, 15) is 0 Å². The lowest BCUT2D eigenvalue weighted by Gasteiger charge is -2.18. The zero-order chi connectivity index (χ0) is 12.3. The summed E-state index contributed by atoms with van der Waals surface area (Å²) in [7, 11) is 0. The monoisotopic (exact) mass is 229 g/mol. The molecule has 1 atom stereocenters. The van der Waals surface area contributed by atoms with Crippen LogP contribution < -0.4 is 5.32 Å². The van der Waals surface area contributed by atoms with Crippen molar-refractivity contribution < 1.29 is 0 Å². The fourth-order valence-electron chi connectivity index (χ4n) is 1.59. The Labute approximate surface area is 102 Å². The lowest BCUT2D eigenvalue weighted by Crippen LogP contribution is -2.21. The molecular weight excluding hydrogens is 210 g/mol. The van der Waals surface area contributed by atoms with Crippen molar-refractivity contribution in [2.24, 2.45) is 5.92 Å². The molecule has 0 spiro atoms. The summed E-state index contributed by atoms with van der Waals surface area (Å²) >= 11 is 0. The predicted octanol–water partition coefficient (Wildman–Crippen LogP) is 3.53. The molecule has 1 aromatic heterocycles. The number of benzene rings is 1. The zero-order valence-electron chi connectivity index (χ0n) is 10.6. The zero-order valence-corrected chi connectivity index (χ0v) is 10.6. The van der Waals surface area contributed by atoms with Gasteiger partial charge in [-0.3, -0.25) is 0 Å². The molecule has 0 bridgehead atoms. The normalized spacial score (nSPS) is 12.7. The molecule has 0 aliphatic carbocycles. The first-order chi connectivity index (χ1) is 8.16. The van der Waals surface area contributed by atoms with Gasteiger partial charge in [-0.15, -0.1) is 0 Å². The van der Waals surface area contributed by atoms with Gasteiger partial charge in [0.15, 0.2) is 0 Å². The van der Waals surface area contributed by atoms with Gasteiger partial charge in [0.2, 0.25) is 0 Å². The number of rotatable bonds is 4. The van der Waals surface area contributed by atoms with Crippen molar-refractivity contribution in [3.05, 3.63) is 36.8 Å². The van der Waals surface area contributed by atoms with Crippen LogP contribution in [0.25, 0.3) is 11.3 Å². The van der Waals surface area contributed by atoms with E-state index in [0.29, 0.717) is 12.0 Å². The summed E-state index contributed by atoms with van der Waals surface area (Å²) in [6.45, 7) is 6.64. The molecule has 3 nitrogen and oxygen atoms in total. The fourth-order valence-corrected chi connectivity index (χ4v) is 1.59. The molecule has 2 rings (SSSR count). The van der Waals surface area contributed by atoms with Gasteiger partial charge < -0.3 is 10.3 Å². The molecule has 0 aliphatic rings. The van der Waals surface area contributed by atoms with Crippen LogP contribution in [0.4, 0.5) is 5.69 Å². The van der Waals surface area contributed by atoms with E-state index in [0.717, 1.165) is 16.9 Å². The molecular formula is C14H19N3. The van der Waals surface area contributed by atoms with E-state index in [1.54, 1.807) is 6.33 Å². The van der Waals surface area contributed by atoms with E-state index < -0.39 is 0 Å². The molecule has 1 heterocycles. The molecule has 0 radical (unpaired) electrons. The molecule has 2 N–H and O–H groups in total. The third-order valence-electron chi connectivity index (χ3n) is 3.09. The smallest absolute Gasteiger partial charge is 0.0924 e. The van der Waals surface area contributed by atoms with Crippen molar-refractivity contribution in [1.82, 2.24) is 9.97 Å². The maximum Gasteiger partial charge on any atom is 0.0924 e. The Balaban J connectivity index is 2.08. The highest BCUT2D eigenvalue weighted by Crippen LogP contribution is 2.19. The molecule has 3 heteroatoms. The van der Waals surface area contributed by atoms with Crippen molar-refractivity contribution in [3.63, 3.8) is 0 Å². The number of hydrogen-bond donors (Lipinski definition) is 2.